The van der Waals surface area contributed by atoms with Gasteiger partial charge in [0.1, 0.15) is 5.82 Å². The van der Waals surface area contributed by atoms with Crippen molar-refractivity contribution in [2.45, 2.75) is 18.8 Å². The highest BCUT2D eigenvalue weighted by molar-refractivity contribution is 6.03. The van der Waals surface area contributed by atoms with Crippen molar-refractivity contribution in [3.63, 3.8) is 0 Å². The van der Waals surface area contributed by atoms with Gasteiger partial charge in [0.15, 0.2) is 0 Å². The summed E-state index contributed by atoms with van der Waals surface area (Å²) in [5.74, 6) is 0.176. The SMILES string of the molecule is O=C(O)c1cc(N2CCCC(c3ccn[nH]3)C2)nc2ccccc12. The molecule has 1 aromatic carbocycles. The molecule has 1 atom stereocenters. The number of fused-ring (bicyclic) bond motifs is 1. The van der Waals surface area contributed by atoms with Crippen LogP contribution >= 0.6 is 0 Å². The summed E-state index contributed by atoms with van der Waals surface area (Å²) in [5, 5.41) is 17.3. The van der Waals surface area contributed by atoms with Gasteiger partial charge < -0.3 is 10.0 Å². The normalized spacial score (nSPS) is 18.0. The third kappa shape index (κ3) is 2.60. The van der Waals surface area contributed by atoms with E-state index in [4.69, 9.17) is 4.98 Å². The first-order valence-corrected chi connectivity index (χ1v) is 8.09. The number of carbonyl (C=O) groups is 1. The Bertz CT molecular complexity index is 876. The highest BCUT2D eigenvalue weighted by Gasteiger charge is 2.24. The van der Waals surface area contributed by atoms with Crippen LogP contribution in [0.5, 0.6) is 0 Å². The Morgan fingerprint density at radius 1 is 1.29 bits per heavy atom. The van der Waals surface area contributed by atoms with Gasteiger partial charge in [0, 0.05) is 36.3 Å². The lowest BCUT2D eigenvalue weighted by atomic mass is 9.95. The maximum absolute atomic E-state index is 11.6. The minimum atomic E-state index is -0.919. The second-order valence-electron chi connectivity index (χ2n) is 6.15. The number of hydrogen-bond acceptors (Lipinski definition) is 4. The fraction of sp³-hybridized carbons (Fsp3) is 0.278. The summed E-state index contributed by atoms with van der Waals surface area (Å²) < 4.78 is 0. The number of aromatic amines is 1. The highest BCUT2D eigenvalue weighted by atomic mass is 16.4. The number of rotatable bonds is 3. The minimum absolute atomic E-state index is 0.305. The number of nitrogens with one attached hydrogen (secondary N) is 1. The Morgan fingerprint density at radius 3 is 2.96 bits per heavy atom. The van der Waals surface area contributed by atoms with E-state index in [1.54, 1.807) is 18.3 Å². The van der Waals surface area contributed by atoms with E-state index >= 15 is 0 Å². The van der Waals surface area contributed by atoms with Crippen LogP contribution in [0.1, 0.15) is 34.8 Å². The van der Waals surface area contributed by atoms with Crippen molar-refractivity contribution in [1.82, 2.24) is 15.2 Å². The number of hydrogen-bond donors (Lipinski definition) is 2. The molecule has 1 aliphatic rings. The molecular weight excluding hydrogens is 304 g/mol. The molecule has 1 saturated heterocycles. The predicted octanol–water partition coefficient (Wildman–Crippen LogP) is 3.04. The van der Waals surface area contributed by atoms with E-state index in [2.05, 4.69) is 15.1 Å². The van der Waals surface area contributed by atoms with E-state index < -0.39 is 5.97 Å². The quantitative estimate of drug-likeness (QED) is 0.774. The van der Waals surface area contributed by atoms with E-state index in [-0.39, 0.29) is 0 Å². The lowest BCUT2D eigenvalue weighted by Gasteiger charge is -2.33. The number of anilines is 1. The molecule has 0 bridgehead atoms. The van der Waals surface area contributed by atoms with Gasteiger partial charge in [0.05, 0.1) is 11.1 Å². The summed E-state index contributed by atoms with van der Waals surface area (Å²) >= 11 is 0. The van der Waals surface area contributed by atoms with Crippen LogP contribution in [-0.2, 0) is 0 Å². The molecule has 24 heavy (non-hydrogen) atoms. The molecule has 0 aliphatic carbocycles. The summed E-state index contributed by atoms with van der Waals surface area (Å²) in [6.45, 7) is 1.70. The molecule has 2 aromatic heterocycles. The molecule has 4 rings (SSSR count). The number of aromatic carboxylic acids is 1. The third-order valence-corrected chi connectivity index (χ3v) is 4.64. The summed E-state index contributed by atoms with van der Waals surface area (Å²) in [7, 11) is 0. The van der Waals surface area contributed by atoms with Crippen LogP contribution in [0.15, 0.2) is 42.6 Å². The van der Waals surface area contributed by atoms with Gasteiger partial charge in [-0.1, -0.05) is 18.2 Å². The molecule has 0 amide bonds. The highest BCUT2D eigenvalue weighted by Crippen LogP contribution is 2.30. The van der Waals surface area contributed by atoms with Crippen molar-refractivity contribution >= 4 is 22.7 Å². The molecule has 0 saturated carbocycles. The first kappa shape index (κ1) is 14.7. The Labute approximate surface area is 139 Å². The minimum Gasteiger partial charge on any atom is -0.478 e. The Morgan fingerprint density at radius 2 is 2.17 bits per heavy atom. The molecule has 3 aromatic rings. The van der Waals surface area contributed by atoms with E-state index in [0.29, 0.717) is 16.9 Å². The first-order valence-electron chi connectivity index (χ1n) is 8.09. The van der Waals surface area contributed by atoms with Crippen LogP contribution in [0.25, 0.3) is 10.9 Å². The van der Waals surface area contributed by atoms with Gasteiger partial charge in [-0.15, -0.1) is 0 Å². The predicted molar refractivity (Wildman–Crippen MR) is 91.5 cm³/mol. The van der Waals surface area contributed by atoms with Crippen LogP contribution in [0.4, 0.5) is 5.82 Å². The fourth-order valence-electron chi connectivity index (χ4n) is 3.43. The number of pyridine rings is 1. The van der Waals surface area contributed by atoms with Crippen LogP contribution in [0, 0.1) is 0 Å². The molecule has 1 aliphatic heterocycles. The average Bonchev–Trinajstić information content (AvgIpc) is 3.15. The van der Waals surface area contributed by atoms with Crippen LogP contribution in [0.2, 0.25) is 0 Å². The molecular formula is C18H18N4O2. The number of carboxylic acid groups (broad SMARTS) is 1. The summed E-state index contributed by atoms with van der Waals surface area (Å²) in [4.78, 5) is 18.5. The van der Waals surface area contributed by atoms with Crippen molar-refractivity contribution in [3.8, 4) is 0 Å². The van der Waals surface area contributed by atoms with Crippen molar-refractivity contribution in [2.24, 2.45) is 0 Å². The number of nitrogens with zero attached hydrogens (tertiary/aromatic N) is 3. The van der Waals surface area contributed by atoms with Gasteiger partial charge in [-0.3, -0.25) is 5.10 Å². The smallest absolute Gasteiger partial charge is 0.336 e. The Kier molecular flexibility index (Phi) is 3.65. The van der Waals surface area contributed by atoms with Crippen molar-refractivity contribution in [2.75, 3.05) is 18.0 Å². The van der Waals surface area contributed by atoms with Crippen LogP contribution in [0.3, 0.4) is 0 Å². The van der Waals surface area contributed by atoms with Crippen molar-refractivity contribution < 1.29 is 9.90 Å². The van der Waals surface area contributed by atoms with Gasteiger partial charge in [-0.25, -0.2) is 9.78 Å². The third-order valence-electron chi connectivity index (χ3n) is 4.64. The molecule has 6 heteroatoms. The Hall–Kier alpha value is -2.89. The van der Waals surface area contributed by atoms with Gasteiger partial charge >= 0.3 is 5.97 Å². The second-order valence-corrected chi connectivity index (χ2v) is 6.15. The monoisotopic (exact) mass is 322 g/mol. The largest absolute Gasteiger partial charge is 0.478 e. The molecule has 1 fully saturated rings. The van der Waals surface area contributed by atoms with E-state index in [1.165, 1.54) is 0 Å². The van der Waals surface area contributed by atoms with Crippen molar-refractivity contribution in [1.29, 1.82) is 0 Å². The lowest BCUT2D eigenvalue weighted by Crippen LogP contribution is -2.35. The van der Waals surface area contributed by atoms with Gasteiger partial charge in [0.2, 0.25) is 0 Å². The molecule has 0 radical (unpaired) electrons. The van der Waals surface area contributed by atoms with Crippen LogP contribution in [-0.4, -0.2) is 39.3 Å². The number of aromatic nitrogens is 3. The van der Waals surface area contributed by atoms with E-state index in [0.717, 1.165) is 43.0 Å². The molecule has 1 unspecified atom stereocenters. The zero-order valence-electron chi connectivity index (χ0n) is 13.1. The Balaban J connectivity index is 1.72. The summed E-state index contributed by atoms with van der Waals surface area (Å²) in [6, 6.07) is 11.1. The molecule has 6 nitrogen and oxygen atoms in total. The number of benzene rings is 1. The number of piperidine rings is 1. The zero-order chi connectivity index (χ0) is 16.5. The maximum Gasteiger partial charge on any atom is 0.336 e. The van der Waals surface area contributed by atoms with Crippen LogP contribution < -0.4 is 4.90 Å². The first-order chi connectivity index (χ1) is 11.7. The van der Waals surface area contributed by atoms with Gasteiger partial charge in [-0.2, -0.15) is 5.10 Å². The molecule has 3 heterocycles. The van der Waals surface area contributed by atoms with Crippen molar-refractivity contribution in [3.05, 3.63) is 53.9 Å². The lowest BCUT2D eigenvalue weighted by molar-refractivity contribution is 0.0699. The number of carboxylic acids is 1. The molecule has 2 N–H and O–H groups in total. The van der Waals surface area contributed by atoms with Gasteiger partial charge in [0.25, 0.3) is 0 Å². The second kappa shape index (κ2) is 5.96. The maximum atomic E-state index is 11.6. The number of para-hydroxylation sites is 1. The van der Waals surface area contributed by atoms with E-state index in [9.17, 15) is 9.90 Å². The van der Waals surface area contributed by atoms with Gasteiger partial charge in [-0.05, 0) is 31.0 Å². The average molecular weight is 322 g/mol. The molecule has 122 valence electrons. The summed E-state index contributed by atoms with van der Waals surface area (Å²) in [6.07, 6.45) is 3.91. The molecule has 0 spiro atoms. The number of H-pyrrole nitrogens is 1. The fourth-order valence-corrected chi connectivity index (χ4v) is 3.43. The standard InChI is InChI=1S/C18H18N4O2/c23-18(24)14-10-17(20-16-6-2-1-5-13(14)16)22-9-3-4-12(11-22)15-7-8-19-21-15/h1-2,5-8,10,12H,3-4,9,11H2,(H,19,21)(H,23,24). The summed E-state index contributed by atoms with van der Waals surface area (Å²) in [5.41, 5.74) is 2.15. The zero-order valence-corrected chi connectivity index (χ0v) is 13.1. The van der Waals surface area contributed by atoms with E-state index in [1.807, 2.05) is 24.3 Å². The topological polar surface area (TPSA) is 82.1 Å².